The molecule has 0 saturated carbocycles. The van der Waals surface area contributed by atoms with Crippen LogP contribution in [-0.2, 0) is 9.53 Å². The van der Waals surface area contributed by atoms with Gasteiger partial charge in [0.25, 0.3) is 0 Å². The fraction of sp³-hybridized carbons (Fsp3) is 0.923. The van der Waals surface area contributed by atoms with Gasteiger partial charge in [-0.1, -0.05) is 0 Å². The Hall–Kier alpha value is -0.650. The second kappa shape index (κ2) is 5.15. The summed E-state index contributed by atoms with van der Waals surface area (Å²) >= 11 is 0. The molecule has 0 aromatic carbocycles. The lowest BCUT2D eigenvalue weighted by Crippen LogP contribution is -2.51. The van der Waals surface area contributed by atoms with Crippen molar-refractivity contribution in [2.45, 2.75) is 37.5 Å². The van der Waals surface area contributed by atoms with Gasteiger partial charge in [0.05, 0.1) is 18.8 Å². The molecule has 18 heavy (non-hydrogen) atoms. The molecule has 3 fully saturated rings. The predicted octanol–water partition coefficient (Wildman–Crippen LogP) is -0.330. The molecule has 5 nitrogen and oxygen atoms in total. The van der Waals surface area contributed by atoms with Gasteiger partial charge in [0.1, 0.15) is 0 Å². The first-order valence-electron chi connectivity index (χ1n) is 7.09. The van der Waals surface area contributed by atoms with Gasteiger partial charge in [-0.05, 0) is 32.9 Å². The number of ether oxygens (including phenoxy) is 1. The zero-order valence-corrected chi connectivity index (χ0v) is 11.1. The molecule has 102 valence electrons. The summed E-state index contributed by atoms with van der Waals surface area (Å²) in [5.74, 6) is 0.240. The second-order valence-corrected chi connectivity index (χ2v) is 5.66. The first kappa shape index (κ1) is 12.4. The van der Waals surface area contributed by atoms with E-state index in [2.05, 4.69) is 10.2 Å². The van der Waals surface area contributed by atoms with Crippen molar-refractivity contribution in [1.82, 2.24) is 15.1 Å². The third kappa shape index (κ3) is 2.27. The van der Waals surface area contributed by atoms with E-state index in [0.29, 0.717) is 6.04 Å². The molecule has 3 heterocycles. The van der Waals surface area contributed by atoms with Crippen molar-refractivity contribution in [2.75, 3.05) is 39.8 Å². The first-order valence-corrected chi connectivity index (χ1v) is 7.09. The van der Waals surface area contributed by atoms with Gasteiger partial charge >= 0.3 is 0 Å². The van der Waals surface area contributed by atoms with E-state index in [1.165, 1.54) is 19.4 Å². The van der Waals surface area contributed by atoms with Crippen LogP contribution in [0.4, 0.5) is 0 Å². The van der Waals surface area contributed by atoms with Crippen LogP contribution in [0, 0.1) is 0 Å². The summed E-state index contributed by atoms with van der Waals surface area (Å²) < 4.78 is 5.92. The van der Waals surface area contributed by atoms with Gasteiger partial charge in [-0.25, -0.2) is 0 Å². The Kier molecular flexibility index (Phi) is 3.54. The van der Waals surface area contributed by atoms with Crippen LogP contribution in [0.2, 0.25) is 0 Å². The third-order valence-electron chi connectivity index (χ3n) is 4.53. The van der Waals surface area contributed by atoms with E-state index >= 15 is 0 Å². The fourth-order valence-corrected chi connectivity index (χ4v) is 3.43. The molecule has 0 aromatic rings. The highest BCUT2D eigenvalue weighted by molar-refractivity contribution is 5.83. The summed E-state index contributed by atoms with van der Waals surface area (Å²) in [6.07, 6.45) is 3.70. The predicted molar refractivity (Wildman–Crippen MR) is 68.4 cm³/mol. The Morgan fingerprint density at radius 3 is 3.06 bits per heavy atom. The third-order valence-corrected chi connectivity index (χ3v) is 4.53. The maximum Gasteiger partial charge on any atom is 0.239 e. The number of hydrogen-bond acceptors (Lipinski definition) is 4. The maximum absolute atomic E-state index is 12.0. The molecule has 3 atom stereocenters. The van der Waals surface area contributed by atoms with Crippen molar-refractivity contribution in [2.24, 2.45) is 0 Å². The molecule has 1 amide bonds. The summed E-state index contributed by atoms with van der Waals surface area (Å²) in [6, 6.07) is 0.661. The number of rotatable bonds is 3. The molecule has 0 bridgehead atoms. The number of hydrogen-bond donors (Lipinski definition) is 1. The van der Waals surface area contributed by atoms with Gasteiger partial charge in [0, 0.05) is 25.7 Å². The van der Waals surface area contributed by atoms with E-state index in [1.807, 2.05) is 11.9 Å². The zero-order valence-electron chi connectivity index (χ0n) is 11.1. The van der Waals surface area contributed by atoms with E-state index < -0.39 is 0 Å². The van der Waals surface area contributed by atoms with Crippen molar-refractivity contribution in [3.8, 4) is 0 Å². The van der Waals surface area contributed by atoms with E-state index in [9.17, 15) is 4.79 Å². The van der Waals surface area contributed by atoms with Gasteiger partial charge in [-0.2, -0.15) is 0 Å². The Bertz CT molecular complexity index is 323. The molecule has 0 aliphatic carbocycles. The topological polar surface area (TPSA) is 44.8 Å². The van der Waals surface area contributed by atoms with Crippen molar-refractivity contribution in [3.63, 3.8) is 0 Å². The van der Waals surface area contributed by atoms with Gasteiger partial charge in [0.15, 0.2) is 0 Å². The second-order valence-electron chi connectivity index (χ2n) is 5.66. The summed E-state index contributed by atoms with van der Waals surface area (Å²) in [6.45, 7) is 4.69. The number of nitrogens with zero attached hydrogens (tertiary/aromatic N) is 2. The van der Waals surface area contributed by atoms with E-state index in [4.69, 9.17) is 4.74 Å². The number of amides is 1. The van der Waals surface area contributed by atoms with Crippen LogP contribution in [0.1, 0.15) is 19.3 Å². The molecule has 0 aromatic heterocycles. The Morgan fingerprint density at radius 1 is 1.39 bits per heavy atom. The van der Waals surface area contributed by atoms with E-state index in [1.54, 1.807) is 0 Å². The van der Waals surface area contributed by atoms with Crippen molar-refractivity contribution < 1.29 is 9.53 Å². The lowest BCUT2D eigenvalue weighted by atomic mass is 10.2. The van der Waals surface area contributed by atoms with Crippen LogP contribution in [0.25, 0.3) is 0 Å². The SMILES string of the molecule is CNC1CCN(CC2CN3CCCC3CO2)C1=O. The molecular weight excluding hydrogens is 230 g/mol. The zero-order chi connectivity index (χ0) is 12.5. The summed E-state index contributed by atoms with van der Waals surface area (Å²) in [5.41, 5.74) is 0. The minimum absolute atomic E-state index is 0.0214. The Balaban J connectivity index is 1.53. The van der Waals surface area contributed by atoms with Crippen LogP contribution in [0.15, 0.2) is 0 Å². The highest BCUT2D eigenvalue weighted by atomic mass is 16.5. The number of carbonyl (C=O) groups is 1. The smallest absolute Gasteiger partial charge is 0.239 e. The molecule has 3 unspecified atom stereocenters. The van der Waals surface area contributed by atoms with Crippen LogP contribution >= 0.6 is 0 Å². The minimum atomic E-state index is 0.0214. The molecule has 0 radical (unpaired) electrons. The van der Waals surface area contributed by atoms with Crippen LogP contribution in [-0.4, -0.2) is 73.7 Å². The van der Waals surface area contributed by atoms with Gasteiger partial charge in [-0.3, -0.25) is 9.69 Å². The van der Waals surface area contributed by atoms with Crippen LogP contribution < -0.4 is 5.32 Å². The lowest BCUT2D eigenvalue weighted by Gasteiger charge is -2.36. The number of carbonyl (C=O) groups excluding carboxylic acids is 1. The van der Waals surface area contributed by atoms with Crippen molar-refractivity contribution in [1.29, 1.82) is 0 Å². The van der Waals surface area contributed by atoms with Gasteiger partial charge in [0.2, 0.25) is 5.91 Å². The molecular formula is C13H23N3O2. The monoisotopic (exact) mass is 253 g/mol. The Morgan fingerprint density at radius 2 is 2.28 bits per heavy atom. The number of fused-ring (bicyclic) bond motifs is 1. The summed E-state index contributed by atoms with van der Waals surface area (Å²) in [7, 11) is 1.86. The van der Waals surface area contributed by atoms with Crippen LogP contribution in [0.3, 0.4) is 0 Å². The molecule has 3 rings (SSSR count). The van der Waals surface area contributed by atoms with Gasteiger partial charge in [-0.15, -0.1) is 0 Å². The van der Waals surface area contributed by atoms with Gasteiger partial charge < -0.3 is 15.0 Å². The summed E-state index contributed by atoms with van der Waals surface area (Å²) in [5, 5.41) is 3.08. The average Bonchev–Trinajstić information content (AvgIpc) is 2.97. The van der Waals surface area contributed by atoms with Crippen molar-refractivity contribution in [3.05, 3.63) is 0 Å². The molecule has 0 spiro atoms. The minimum Gasteiger partial charge on any atom is -0.373 e. The maximum atomic E-state index is 12.0. The fourth-order valence-electron chi connectivity index (χ4n) is 3.43. The molecule has 3 aliphatic rings. The standard InChI is InChI=1S/C13H23N3O2/c1-14-12-4-6-16(13(12)17)8-11-7-15-5-2-3-10(15)9-18-11/h10-12,14H,2-9H2,1H3. The average molecular weight is 253 g/mol. The first-order chi connectivity index (χ1) is 8.78. The number of likely N-dealkylation sites (N-methyl/N-ethyl adjacent to an activating group) is 1. The quantitative estimate of drug-likeness (QED) is 0.748. The normalized spacial score (nSPS) is 37.3. The lowest BCUT2D eigenvalue weighted by molar-refractivity contribution is -0.132. The number of likely N-dealkylation sites (tertiary alicyclic amines) is 1. The molecule has 1 N–H and O–H groups in total. The van der Waals surface area contributed by atoms with Crippen LogP contribution in [0.5, 0.6) is 0 Å². The molecule has 5 heteroatoms. The molecule has 3 saturated heterocycles. The molecule has 3 aliphatic heterocycles. The summed E-state index contributed by atoms with van der Waals surface area (Å²) in [4.78, 5) is 16.5. The van der Waals surface area contributed by atoms with E-state index in [-0.39, 0.29) is 18.1 Å². The van der Waals surface area contributed by atoms with Crippen molar-refractivity contribution >= 4 is 5.91 Å². The van der Waals surface area contributed by atoms with E-state index in [0.717, 1.165) is 32.7 Å². The largest absolute Gasteiger partial charge is 0.373 e. The highest BCUT2D eigenvalue weighted by Gasteiger charge is 2.36. The number of nitrogens with one attached hydrogen (secondary N) is 1. The number of morpholine rings is 1. The highest BCUT2D eigenvalue weighted by Crippen LogP contribution is 2.23. The Labute approximate surface area is 108 Å².